The Morgan fingerprint density at radius 1 is 0.0945 bits per heavy atom. The minimum atomic E-state index is -0.887. The van der Waals surface area contributed by atoms with Gasteiger partial charge in [0.25, 0.3) is 0 Å². The molecule has 73 unspecified atom stereocenters. The Morgan fingerprint density at radius 2 is 0.157 bits per heavy atom. The van der Waals surface area contributed by atoms with Crippen molar-refractivity contribution in [3.63, 3.8) is 0 Å². The van der Waals surface area contributed by atoms with E-state index >= 15 is 0 Å². The molecule has 0 fully saturated rings. The molecule has 0 saturated carbocycles. The van der Waals surface area contributed by atoms with Gasteiger partial charge in [-0.3, -0.25) is 0 Å². The van der Waals surface area contributed by atoms with E-state index in [4.69, 9.17) is 17.9 Å². The summed E-state index contributed by atoms with van der Waals surface area (Å²) >= 11 is 0. The van der Waals surface area contributed by atoms with Gasteiger partial charge in [0.2, 0.25) is 0 Å². The molecule has 0 nitrogen and oxygen atoms in total. The molecule has 0 spiro atoms. The summed E-state index contributed by atoms with van der Waals surface area (Å²) in [6.45, 7) is -37.0. The van der Waals surface area contributed by atoms with Gasteiger partial charge in [-0.1, -0.05) is 25.8 Å². The van der Waals surface area contributed by atoms with Gasteiger partial charge in [0.05, 0.1) is 0 Å². The van der Waals surface area contributed by atoms with Crippen LogP contribution >= 0.6 is 1010 Å². The summed E-state index contributed by atoms with van der Waals surface area (Å²) in [4.78, 5) is 0. The average Bonchev–Trinajstić information content (AvgIpc) is 0.698. The smallest absolute Gasteiger partial charge is 0.000000158 e. The Morgan fingerprint density at radius 3 is 0.220 bits per heavy atom. The van der Waals surface area contributed by atoms with E-state index in [0.717, 1.165) is 7.96 Å². The molecule has 0 aliphatic carbocycles. The van der Waals surface area contributed by atoms with Crippen LogP contribution in [0.5, 0.6) is 0 Å². The highest BCUT2D eigenvalue weighted by molar-refractivity contribution is 9.63. The minimum absolute atomic E-state index is 0.502. The monoisotopic (exact) mass is 4060 g/mol. The Labute approximate surface area is 995 Å². The molecule has 2 radical (unpaired) electrons. The predicted molar refractivity (Wildman–Crippen MR) is 1060 cm³/mol. The maximum absolute atomic E-state index is 5.28. The van der Waals surface area contributed by atoms with Crippen LogP contribution in [0.25, 0.3) is 0 Å². The largest absolute Gasteiger partial charge is 0.102 e. The van der Waals surface area contributed by atoms with Gasteiger partial charge in [-0.15, -0.1) is 554 Å². The van der Waals surface area contributed by atoms with Crippen LogP contribution in [0.2, 0.25) is 0 Å². The third-order valence-corrected chi connectivity index (χ3v) is 918. The Hall–Kier alpha value is 54.6. The first-order chi connectivity index (χ1) is 57.8. The SMILES string of the molecule is [PH]PP(P)P(P(P)P)P(P(P(P)P)P(P)P)P(P(P(P(P)P)P(P)P)P(P(P)P)P(P)P)P(P(P(P(P(P)P)P(P)P)P(P(P)P)P(P)P)P(P(P(P)P)P(P)P)P(P(P)P)P(P)P)P(P(P(P(P([PH])P)P(P)P)P(P(P)P)P(P)P)P(P(P(P)P)P(P)P)P(P(P)P)P(P)P)P(P(P(P(P)P)P(P)P)P(P(P)P)P(P)P)P(P(P(P)P)P(P)P)P(P(P)P)P(P)P. The second-order valence-corrected chi connectivity index (χ2v) is 547. The molecule has 0 N–H and O–H groups in total. The maximum atomic E-state index is 5.28. The lowest BCUT2D eigenvalue weighted by Crippen LogP contribution is -1.79. The van der Waals surface area contributed by atoms with E-state index in [-0.39, 0.29) is 0 Å². The fourth-order valence-corrected chi connectivity index (χ4v) is 1920. The Bertz CT molecular complexity index is 2150. The first-order valence-electron chi connectivity index (χ1n) is 28.9. The molecule has 0 aliphatic rings. The van der Waals surface area contributed by atoms with Crippen LogP contribution in [0.15, 0.2) is 0 Å². The van der Waals surface area contributed by atoms with Gasteiger partial charge in [0.1, 0.15) is 0 Å². The molecule has 0 saturated heterocycles. The highest BCUT2D eigenvalue weighted by Crippen LogP contribution is 3.58. The maximum Gasteiger partial charge on any atom is -0.000000158 e. The summed E-state index contributed by atoms with van der Waals surface area (Å²) in [5.74, 6) is 0. The second kappa shape index (κ2) is 99.8. The van der Waals surface area contributed by atoms with Crippen LogP contribution in [-0.2, 0) is 0 Å². The molecule has 127 heavy (non-hydrogen) atoms. The predicted octanol–water partition coefficient (Wildman–Crippen LogP) is 75.4. The lowest BCUT2D eigenvalue weighted by atomic mass is 28.3. The number of rotatable bonds is 62. The third kappa shape index (κ3) is 63.8. The van der Waals surface area contributed by atoms with Crippen LogP contribution < -0.4 is 0 Å². The van der Waals surface area contributed by atoms with Crippen molar-refractivity contribution in [3.05, 3.63) is 0 Å². The quantitative estimate of drug-likeness (QED) is 0.0533. The zero-order valence-electron chi connectivity index (χ0n) is 65.0. The summed E-state index contributed by atoms with van der Waals surface area (Å²) in [5, 5.41) is 0. The normalized spacial score (nSPS) is 15.9. The van der Waals surface area contributed by atoms with Crippen LogP contribution in [0.1, 0.15) is 0 Å². The lowest BCUT2D eigenvalue weighted by Gasteiger charge is -2.66. The van der Waals surface area contributed by atoms with Gasteiger partial charge in [0, 0.05) is 0 Å². The molecule has 0 aromatic rings. The van der Waals surface area contributed by atoms with E-state index in [0.29, 0.717) is 0 Å². The molecule has 127 heteroatoms. The van der Waals surface area contributed by atoms with Crippen molar-refractivity contribution in [3.8, 4) is 0 Å². The van der Waals surface area contributed by atoms with E-state index in [1.165, 1.54) is 0 Å². The molecule has 0 bridgehead atoms. The van der Waals surface area contributed by atoms with Crippen LogP contribution in [0.3, 0.4) is 0 Å². The molecular weight excluding hydrogens is 3930 g/mol. The highest BCUT2D eigenvalue weighted by atomic mass is 33.7. The topological polar surface area (TPSA) is 0 Å². The van der Waals surface area contributed by atoms with Crippen LogP contribution in [-0.4, -0.2) is 0 Å². The summed E-state index contributed by atoms with van der Waals surface area (Å²) in [5.41, 5.74) is 0. The van der Waals surface area contributed by atoms with Crippen molar-refractivity contribution in [1.29, 1.82) is 0 Å². The van der Waals surface area contributed by atoms with Gasteiger partial charge in [-0.05, 0) is 433 Å². The first kappa shape index (κ1) is 182. The van der Waals surface area contributed by atoms with Crippen LogP contribution in [0, 0.1) is 0 Å². The van der Waals surface area contributed by atoms with Crippen molar-refractivity contribution < 1.29 is 0 Å². The molecule has 762 valence electrons. The summed E-state index contributed by atoms with van der Waals surface area (Å²) < 4.78 is 0. The van der Waals surface area contributed by atoms with Gasteiger partial charge in [-0.25, -0.2) is 0 Å². The van der Waals surface area contributed by atoms with E-state index in [1.807, 2.05) is 0 Å². The van der Waals surface area contributed by atoms with Crippen molar-refractivity contribution in [1.82, 2.24) is 0 Å². The van der Waals surface area contributed by atoms with Gasteiger partial charge < -0.3 is 0 Å². The molecule has 73 atom stereocenters. The van der Waals surface area contributed by atoms with Gasteiger partial charge in [0.15, 0.2) is 0 Å². The molecule has 0 aliphatic heterocycles. The number of hydrogen-bond acceptors (Lipinski definition) is 0. The standard InChI is InChI=1S/H127P127/c1-65-97(64)113(96(62)63)121(112(94(58)59)95(60)61)125(120(110(90(50)51)91(52)53)111(92(54)55)93(56)57)127(124(118(106(82(34)35)83(36)37)107(84(38)39)85(40)41)119(108(86(42)43)87(44)45)109(88(46)47)89(48)49)126(122(114(98(66(2)3)67(4)5)99(68(6)7)69(8)9)115(100(70(10)11)71(12)13)101(72(14)15)73(16)17)123(116(102(74(18)19)75(20)21)103(76(22)23)77(24)25)117(104(78(26)27)79(28)29)105(80(30)31)81(32)33/h1-2,65H,3-64H2. The molecule has 0 rings (SSSR count). The highest BCUT2D eigenvalue weighted by Gasteiger charge is 2.70. The first-order valence-corrected chi connectivity index (χ1v) is 260. The summed E-state index contributed by atoms with van der Waals surface area (Å²) in [6.07, 6.45) is 0. The zero-order chi connectivity index (χ0) is 101. The Kier molecular flexibility index (Phi) is 143. The average molecular weight is 4060 g/mol. The fourth-order valence-electron chi connectivity index (χ4n) is 7.89. The summed E-state index contributed by atoms with van der Waals surface area (Å²) in [7, 11) is 255. The van der Waals surface area contributed by atoms with Crippen molar-refractivity contribution >= 4 is 1010 Å². The van der Waals surface area contributed by atoms with Crippen molar-refractivity contribution in [2.45, 2.75) is 0 Å². The Balaban J connectivity index is 17.2. The molecule has 0 heterocycles. The molecule has 0 amide bonds. The number of hydrogen-bond donors (Lipinski definition) is 0. The van der Waals surface area contributed by atoms with E-state index in [2.05, 4.69) is 554 Å². The zero-order valence-corrected chi connectivity index (χ0v) is 195. The fraction of sp³-hybridized carbons (Fsp3) is 0. The lowest BCUT2D eigenvalue weighted by molar-refractivity contribution is 4.27. The third-order valence-electron chi connectivity index (χ3n) is 11.3. The van der Waals surface area contributed by atoms with E-state index in [1.54, 1.807) is 0 Å². The second-order valence-electron chi connectivity index (χ2n) is 20.3. The van der Waals surface area contributed by atoms with Gasteiger partial charge in [-0.2, -0.15) is 0 Å². The molecule has 0 aromatic heterocycles. The van der Waals surface area contributed by atoms with Crippen molar-refractivity contribution in [2.75, 3.05) is 0 Å². The summed E-state index contributed by atoms with van der Waals surface area (Å²) in [6, 6.07) is 0. The van der Waals surface area contributed by atoms with E-state index < -0.39 is 433 Å². The van der Waals surface area contributed by atoms with Crippen molar-refractivity contribution in [2.24, 2.45) is 0 Å². The molecule has 0 aromatic carbocycles. The van der Waals surface area contributed by atoms with E-state index in [9.17, 15) is 0 Å². The molecular formula is H127P127. The van der Waals surface area contributed by atoms with Crippen LogP contribution in [0.4, 0.5) is 0 Å². The van der Waals surface area contributed by atoms with Gasteiger partial charge >= 0.3 is 0 Å². The minimum Gasteiger partial charge on any atom is -0.102 e.